The lowest BCUT2D eigenvalue weighted by atomic mass is 9.63. The lowest BCUT2D eigenvalue weighted by Gasteiger charge is -2.43. The quantitative estimate of drug-likeness (QED) is 0.788. The molecule has 0 aromatic rings. The number of rotatable bonds is 2. The van der Waals surface area contributed by atoms with Crippen molar-refractivity contribution in [2.75, 3.05) is 6.61 Å². The Kier molecular flexibility index (Phi) is 3.97. The number of allylic oxidation sites excluding steroid dienone is 1. The molecule has 1 spiro atoms. The average molecular weight is 276 g/mol. The van der Waals surface area contributed by atoms with Gasteiger partial charge in [-0.3, -0.25) is 0 Å². The Labute approximate surface area is 120 Å². The van der Waals surface area contributed by atoms with Crippen molar-refractivity contribution in [1.82, 2.24) is 0 Å². The summed E-state index contributed by atoms with van der Waals surface area (Å²) in [6.07, 6.45) is 15.3. The number of carbonyl (C=O) groups is 1. The van der Waals surface area contributed by atoms with E-state index >= 15 is 0 Å². The van der Waals surface area contributed by atoms with E-state index in [9.17, 15) is 9.90 Å². The maximum Gasteiger partial charge on any atom is 0.331 e. The second-order valence-electron chi connectivity index (χ2n) is 6.75. The van der Waals surface area contributed by atoms with Gasteiger partial charge in [-0.15, -0.1) is 0 Å². The molecule has 0 radical (unpaired) electrons. The number of ether oxygens (including phenoxy) is 1. The van der Waals surface area contributed by atoms with Gasteiger partial charge in [-0.2, -0.15) is 0 Å². The number of esters is 1. The molecule has 2 aliphatic carbocycles. The lowest BCUT2D eigenvalue weighted by Crippen LogP contribution is -2.33. The summed E-state index contributed by atoms with van der Waals surface area (Å²) in [7, 11) is 0. The van der Waals surface area contributed by atoms with Crippen molar-refractivity contribution >= 4 is 5.97 Å². The molecule has 3 rings (SSSR count). The van der Waals surface area contributed by atoms with E-state index in [0.29, 0.717) is 17.9 Å². The van der Waals surface area contributed by atoms with Gasteiger partial charge in [-0.25, -0.2) is 4.79 Å². The van der Waals surface area contributed by atoms with Crippen molar-refractivity contribution < 1.29 is 14.6 Å². The first-order valence-corrected chi connectivity index (χ1v) is 7.89. The SMILES string of the molecule is O=C1C=C(C=CC2CCC3(CCC(O)CC3)CC2)CO1. The molecule has 0 atom stereocenters. The predicted octanol–water partition coefficient (Wildman–Crippen LogP) is 3.14. The fourth-order valence-electron chi connectivity index (χ4n) is 3.90. The first kappa shape index (κ1) is 13.9. The van der Waals surface area contributed by atoms with Crippen molar-refractivity contribution in [3.8, 4) is 0 Å². The number of carbonyl (C=O) groups excluding carboxylic acids is 1. The van der Waals surface area contributed by atoms with E-state index in [1.807, 2.05) is 0 Å². The fraction of sp³-hybridized carbons (Fsp3) is 0.706. The molecule has 1 aliphatic heterocycles. The molecule has 2 saturated carbocycles. The van der Waals surface area contributed by atoms with Crippen LogP contribution in [-0.2, 0) is 9.53 Å². The Morgan fingerprint density at radius 1 is 1.15 bits per heavy atom. The molecule has 110 valence electrons. The third kappa shape index (κ3) is 3.14. The van der Waals surface area contributed by atoms with Crippen LogP contribution in [0.25, 0.3) is 0 Å². The summed E-state index contributed by atoms with van der Waals surface area (Å²) in [5, 5.41) is 9.65. The van der Waals surface area contributed by atoms with Gasteiger partial charge < -0.3 is 9.84 Å². The highest BCUT2D eigenvalue weighted by molar-refractivity contribution is 5.85. The van der Waals surface area contributed by atoms with E-state index in [1.165, 1.54) is 38.5 Å². The average Bonchev–Trinajstić information content (AvgIpc) is 2.88. The molecule has 0 bridgehead atoms. The predicted molar refractivity (Wildman–Crippen MR) is 77.0 cm³/mol. The molecule has 0 amide bonds. The normalized spacial score (nSPS) is 38.2. The molecule has 3 nitrogen and oxygen atoms in total. The van der Waals surface area contributed by atoms with Crippen LogP contribution in [0.15, 0.2) is 23.8 Å². The molecule has 0 unspecified atom stereocenters. The number of aliphatic hydroxyl groups excluding tert-OH is 1. The van der Waals surface area contributed by atoms with Gasteiger partial charge in [0.2, 0.25) is 0 Å². The van der Waals surface area contributed by atoms with Crippen molar-refractivity contribution in [2.24, 2.45) is 11.3 Å². The highest BCUT2D eigenvalue weighted by Gasteiger charge is 2.37. The number of hydrogen-bond acceptors (Lipinski definition) is 3. The van der Waals surface area contributed by atoms with Crippen molar-refractivity contribution in [3.05, 3.63) is 23.8 Å². The minimum absolute atomic E-state index is 0.0508. The standard InChI is InChI=1S/C17H24O3/c18-15-5-9-17(10-6-15)7-3-13(4-8-17)1-2-14-11-16(19)20-12-14/h1-2,11,13,15,18H,3-10,12H2. The molecule has 20 heavy (non-hydrogen) atoms. The fourth-order valence-corrected chi connectivity index (χ4v) is 3.90. The smallest absolute Gasteiger partial charge is 0.331 e. The summed E-state index contributed by atoms with van der Waals surface area (Å²) in [4.78, 5) is 11.0. The zero-order valence-corrected chi connectivity index (χ0v) is 12.0. The van der Waals surface area contributed by atoms with Crippen LogP contribution in [0.4, 0.5) is 0 Å². The van der Waals surface area contributed by atoms with Crippen molar-refractivity contribution in [1.29, 1.82) is 0 Å². The van der Waals surface area contributed by atoms with E-state index < -0.39 is 0 Å². The zero-order valence-electron chi connectivity index (χ0n) is 12.0. The summed E-state index contributed by atoms with van der Waals surface area (Å²) in [6.45, 7) is 0.434. The van der Waals surface area contributed by atoms with Gasteiger partial charge >= 0.3 is 5.97 Å². The zero-order chi connectivity index (χ0) is 14.0. The molecular formula is C17H24O3. The van der Waals surface area contributed by atoms with Crippen molar-refractivity contribution in [2.45, 2.75) is 57.5 Å². The first-order chi connectivity index (χ1) is 9.65. The van der Waals surface area contributed by atoms with Crippen LogP contribution in [0.5, 0.6) is 0 Å². The minimum atomic E-state index is -0.215. The maximum absolute atomic E-state index is 11.0. The van der Waals surface area contributed by atoms with Gasteiger partial charge in [-0.1, -0.05) is 12.2 Å². The largest absolute Gasteiger partial charge is 0.458 e. The lowest BCUT2D eigenvalue weighted by molar-refractivity contribution is -0.134. The summed E-state index contributed by atoms with van der Waals surface area (Å²) in [6, 6.07) is 0. The second-order valence-corrected chi connectivity index (χ2v) is 6.75. The van der Waals surface area contributed by atoms with Crippen LogP contribution in [0, 0.1) is 11.3 Å². The number of cyclic esters (lactones) is 1. The van der Waals surface area contributed by atoms with E-state index in [4.69, 9.17) is 4.74 Å². The molecule has 0 aromatic carbocycles. The molecule has 1 N–H and O–H groups in total. The van der Waals surface area contributed by atoms with Crippen LogP contribution >= 0.6 is 0 Å². The molecular weight excluding hydrogens is 252 g/mol. The van der Waals surface area contributed by atoms with Gasteiger partial charge in [0.05, 0.1) is 6.10 Å². The van der Waals surface area contributed by atoms with Crippen LogP contribution < -0.4 is 0 Å². The summed E-state index contributed by atoms with van der Waals surface area (Å²) >= 11 is 0. The first-order valence-electron chi connectivity index (χ1n) is 7.89. The van der Waals surface area contributed by atoms with Gasteiger partial charge in [0.25, 0.3) is 0 Å². The van der Waals surface area contributed by atoms with Gasteiger partial charge in [-0.05, 0) is 68.3 Å². The maximum atomic E-state index is 11.0. The van der Waals surface area contributed by atoms with E-state index in [0.717, 1.165) is 18.4 Å². The number of aliphatic hydroxyl groups is 1. The Morgan fingerprint density at radius 2 is 1.80 bits per heavy atom. The third-order valence-corrected chi connectivity index (χ3v) is 5.37. The molecule has 3 aliphatic rings. The van der Waals surface area contributed by atoms with Gasteiger partial charge in [0.15, 0.2) is 0 Å². The van der Waals surface area contributed by atoms with Gasteiger partial charge in [0, 0.05) is 6.08 Å². The Morgan fingerprint density at radius 3 is 2.40 bits per heavy atom. The van der Waals surface area contributed by atoms with Crippen molar-refractivity contribution in [3.63, 3.8) is 0 Å². The van der Waals surface area contributed by atoms with Gasteiger partial charge in [0.1, 0.15) is 6.61 Å². The molecule has 3 heteroatoms. The van der Waals surface area contributed by atoms with E-state index in [1.54, 1.807) is 6.08 Å². The molecule has 2 fully saturated rings. The van der Waals surface area contributed by atoms with Crippen LogP contribution in [0.2, 0.25) is 0 Å². The minimum Gasteiger partial charge on any atom is -0.458 e. The second kappa shape index (κ2) is 5.72. The topological polar surface area (TPSA) is 46.5 Å². The van der Waals surface area contributed by atoms with Crippen LogP contribution in [0.3, 0.4) is 0 Å². The highest BCUT2D eigenvalue weighted by atomic mass is 16.5. The molecule has 0 saturated heterocycles. The number of hydrogen-bond donors (Lipinski definition) is 1. The molecule has 1 heterocycles. The van der Waals surface area contributed by atoms with Crippen LogP contribution in [0.1, 0.15) is 51.4 Å². The Hall–Kier alpha value is -1.09. The van der Waals surface area contributed by atoms with Crippen LogP contribution in [-0.4, -0.2) is 23.8 Å². The summed E-state index contributed by atoms with van der Waals surface area (Å²) < 4.78 is 4.90. The highest BCUT2D eigenvalue weighted by Crippen LogP contribution is 2.49. The molecule has 0 aromatic heterocycles. The van der Waals surface area contributed by atoms with E-state index in [2.05, 4.69) is 12.2 Å². The summed E-state index contributed by atoms with van der Waals surface area (Å²) in [5.41, 5.74) is 1.52. The summed E-state index contributed by atoms with van der Waals surface area (Å²) in [5.74, 6) is 0.428. The van der Waals surface area contributed by atoms with E-state index in [-0.39, 0.29) is 12.1 Å². The third-order valence-electron chi connectivity index (χ3n) is 5.37. The monoisotopic (exact) mass is 276 g/mol. The Balaban J connectivity index is 1.50. The Bertz CT molecular complexity index is 418.